The first-order valence-corrected chi connectivity index (χ1v) is 10.2. The van der Waals surface area contributed by atoms with Crippen LogP contribution in [0.3, 0.4) is 0 Å². The number of rotatable bonds is 5. The van der Waals surface area contributed by atoms with Crippen LogP contribution < -0.4 is 4.72 Å². The molecule has 0 radical (unpaired) electrons. The van der Waals surface area contributed by atoms with Crippen LogP contribution in [0.25, 0.3) is 0 Å². The number of sulfone groups is 1. The molecule has 2 N–H and O–H groups in total. The third kappa shape index (κ3) is 3.78. The van der Waals surface area contributed by atoms with Gasteiger partial charge in [-0.3, -0.25) is 0 Å². The molecule has 1 saturated heterocycles. The Morgan fingerprint density at radius 2 is 2.19 bits per heavy atom. The quantitative estimate of drug-likeness (QED) is 0.746. The van der Waals surface area contributed by atoms with Crippen molar-refractivity contribution in [3.63, 3.8) is 0 Å². The summed E-state index contributed by atoms with van der Waals surface area (Å²) >= 11 is 0.895. The molecule has 1 fully saturated rings. The number of sulfonamides is 1. The number of carbonyl (C=O) groups is 1. The molecule has 8 nitrogen and oxygen atoms in total. The van der Waals surface area contributed by atoms with E-state index in [1.807, 2.05) is 0 Å². The van der Waals surface area contributed by atoms with E-state index < -0.39 is 31.1 Å². The van der Waals surface area contributed by atoms with E-state index in [1.54, 1.807) is 0 Å². The fourth-order valence-corrected chi connectivity index (χ4v) is 6.98. The fourth-order valence-electron chi connectivity index (χ4n) is 2.01. The van der Waals surface area contributed by atoms with Crippen molar-refractivity contribution < 1.29 is 26.7 Å². The SMILES string of the molecule is Cc1nc(CNS(=O)(=O)C2CCS(=O)(=O)C2)sc1C(=O)O. The molecule has 0 aromatic carbocycles. The number of carboxylic acids is 1. The maximum absolute atomic E-state index is 12.0. The van der Waals surface area contributed by atoms with Gasteiger partial charge in [0.25, 0.3) is 0 Å². The maximum atomic E-state index is 12.0. The predicted molar refractivity (Wildman–Crippen MR) is 76.6 cm³/mol. The molecule has 2 heterocycles. The molecule has 0 bridgehead atoms. The average Bonchev–Trinajstić information content (AvgIpc) is 2.90. The second kappa shape index (κ2) is 5.63. The Morgan fingerprint density at radius 1 is 1.52 bits per heavy atom. The van der Waals surface area contributed by atoms with Gasteiger partial charge in [-0.25, -0.2) is 31.3 Å². The molecule has 0 aliphatic carbocycles. The molecule has 2 rings (SSSR count). The molecule has 0 spiro atoms. The summed E-state index contributed by atoms with van der Waals surface area (Å²) in [6, 6.07) is 0. The van der Waals surface area contributed by atoms with E-state index in [4.69, 9.17) is 5.11 Å². The molecule has 21 heavy (non-hydrogen) atoms. The summed E-state index contributed by atoms with van der Waals surface area (Å²) < 4.78 is 48.9. The largest absolute Gasteiger partial charge is 0.477 e. The van der Waals surface area contributed by atoms with Crippen LogP contribution in [0.5, 0.6) is 0 Å². The molecule has 0 amide bonds. The summed E-state index contributed by atoms with van der Waals surface area (Å²) in [4.78, 5) is 14.9. The summed E-state index contributed by atoms with van der Waals surface area (Å²) in [5, 5.41) is 8.27. The van der Waals surface area contributed by atoms with E-state index in [9.17, 15) is 21.6 Å². The van der Waals surface area contributed by atoms with Crippen LogP contribution in [0.15, 0.2) is 0 Å². The summed E-state index contributed by atoms with van der Waals surface area (Å²) in [6.07, 6.45) is 0.0783. The number of hydrogen-bond donors (Lipinski definition) is 2. The van der Waals surface area contributed by atoms with Crippen LogP contribution in [0.2, 0.25) is 0 Å². The number of carboxylic acid groups (broad SMARTS) is 1. The van der Waals surface area contributed by atoms with Crippen molar-refractivity contribution in [2.45, 2.75) is 25.1 Å². The summed E-state index contributed by atoms with van der Waals surface area (Å²) in [7, 11) is -7.05. The highest BCUT2D eigenvalue weighted by Crippen LogP contribution is 2.20. The number of hydrogen-bond acceptors (Lipinski definition) is 7. The average molecular weight is 354 g/mol. The second-order valence-corrected chi connectivity index (χ2v) is 10.1. The molecule has 118 valence electrons. The molecule has 1 aliphatic heterocycles. The van der Waals surface area contributed by atoms with Crippen LogP contribution in [0, 0.1) is 6.92 Å². The first kappa shape index (κ1) is 16.3. The van der Waals surface area contributed by atoms with Gasteiger partial charge in [0.05, 0.1) is 29.0 Å². The van der Waals surface area contributed by atoms with E-state index in [0.29, 0.717) is 10.7 Å². The van der Waals surface area contributed by atoms with Crippen molar-refractivity contribution in [1.82, 2.24) is 9.71 Å². The first-order valence-electron chi connectivity index (χ1n) is 5.99. The molecule has 1 atom stereocenters. The minimum atomic E-state index is -3.76. The minimum absolute atomic E-state index is 0.0626. The van der Waals surface area contributed by atoms with E-state index in [-0.39, 0.29) is 29.3 Å². The number of nitrogens with one attached hydrogen (secondary N) is 1. The molecular formula is C10H14N2O6S3. The van der Waals surface area contributed by atoms with Gasteiger partial charge in [-0.2, -0.15) is 0 Å². The van der Waals surface area contributed by atoms with Crippen LogP contribution >= 0.6 is 11.3 Å². The van der Waals surface area contributed by atoms with Crippen LogP contribution in [0.1, 0.15) is 26.8 Å². The smallest absolute Gasteiger partial charge is 0.347 e. The van der Waals surface area contributed by atoms with E-state index in [2.05, 4.69) is 9.71 Å². The van der Waals surface area contributed by atoms with Gasteiger partial charge in [-0.1, -0.05) is 0 Å². The van der Waals surface area contributed by atoms with Crippen molar-refractivity contribution in [1.29, 1.82) is 0 Å². The maximum Gasteiger partial charge on any atom is 0.347 e. The van der Waals surface area contributed by atoms with Gasteiger partial charge in [-0.05, 0) is 13.3 Å². The summed E-state index contributed by atoms with van der Waals surface area (Å²) in [5.74, 6) is -1.61. The Labute approximate surface area is 126 Å². The molecule has 1 aromatic rings. The summed E-state index contributed by atoms with van der Waals surface area (Å²) in [6.45, 7) is 1.39. The topological polar surface area (TPSA) is 130 Å². The van der Waals surface area contributed by atoms with Crippen LogP contribution in [-0.4, -0.2) is 49.7 Å². The first-order chi connectivity index (χ1) is 9.61. The lowest BCUT2D eigenvalue weighted by molar-refractivity contribution is 0.0701. The molecule has 0 saturated carbocycles. The van der Waals surface area contributed by atoms with E-state index in [1.165, 1.54) is 6.92 Å². The lowest BCUT2D eigenvalue weighted by Crippen LogP contribution is -2.34. The Kier molecular flexibility index (Phi) is 4.38. The monoisotopic (exact) mass is 354 g/mol. The van der Waals surface area contributed by atoms with Crippen molar-refractivity contribution in [3.05, 3.63) is 15.6 Å². The van der Waals surface area contributed by atoms with E-state index >= 15 is 0 Å². The Morgan fingerprint density at radius 3 is 2.67 bits per heavy atom. The Balaban J connectivity index is 2.06. The number of aromatic nitrogens is 1. The fraction of sp³-hybridized carbons (Fsp3) is 0.600. The molecule has 11 heteroatoms. The van der Waals surface area contributed by atoms with Gasteiger partial charge < -0.3 is 5.11 Å². The van der Waals surface area contributed by atoms with Gasteiger partial charge >= 0.3 is 5.97 Å². The van der Waals surface area contributed by atoms with Crippen LogP contribution in [0.4, 0.5) is 0 Å². The van der Waals surface area contributed by atoms with Crippen molar-refractivity contribution in [3.8, 4) is 0 Å². The van der Waals surface area contributed by atoms with Gasteiger partial charge in [0.1, 0.15) is 9.88 Å². The van der Waals surface area contributed by atoms with Crippen LogP contribution in [-0.2, 0) is 26.4 Å². The van der Waals surface area contributed by atoms with E-state index in [0.717, 1.165) is 11.3 Å². The zero-order valence-corrected chi connectivity index (χ0v) is 13.5. The van der Waals surface area contributed by atoms with Gasteiger partial charge in [0.15, 0.2) is 9.84 Å². The highest BCUT2D eigenvalue weighted by molar-refractivity contribution is 7.95. The lowest BCUT2D eigenvalue weighted by atomic mass is 10.4. The third-order valence-corrected chi connectivity index (χ3v) is 8.04. The lowest BCUT2D eigenvalue weighted by Gasteiger charge is -2.10. The van der Waals surface area contributed by atoms with Gasteiger partial charge in [-0.15, -0.1) is 11.3 Å². The molecule has 1 aromatic heterocycles. The van der Waals surface area contributed by atoms with Gasteiger partial charge in [0, 0.05) is 0 Å². The van der Waals surface area contributed by atoms with Crippen molar-refractivity contribution in [2.75, 3.05) is 11.5 Å². The number of aryl methyl sites for hydroxylation is 1. The minimum Gasteiger partial charge on any atom is -0.477 e. The zero-order valence-electron chi connectivity index (χ0n) is 11.1. The Hall–Kier alpha value is -1.04. The molecule has 1 unspecified atom stereocenters. The molecule has 1 aliphatic rings. The predicted octanol–water partition coefficient (Wildman–Crippen LogP) is -0.244. The highest BCUT2D eigenvalue weighted by Gasteiger charge is 2.37. The highest BCUT2D eigenvalue weighted by atomic mass is 32.2. The number of nitrogens with zero attached hydrogens (tertiary/aromatic N) is 1. The van der Waals surface area contributed by atoms with Crippen molar-refractivity contribution in [2.24, 2.45) is 0 Å². The third-order valence-electron chi connectivity index (χ3n) is 3.09. The molecular weight excluding hydrogens is 340 g/mol. The number of aromatic carboxylic acids is 1. The Bertz CT molecular complexity index is 765. The standard InChI is InChI=1S/C10H14N2O6S3/c1-6-9(10(13)14)19-8(12-6)4-11-21(17,18)7-2-3-20(15,16)5-7/h7,11H,2-5H2,1H3,(H,13,14). The normalized spacial score (nSPS) is 21.5. The van der Waals surface area contributed by atoms with Crippen molar-refractivity contribution >= 4 is 37.2 Å². The van der Waals surface area contributed by atoms with Gasteiger partial charge in [0.2, 0.25) is 10.0 Å². The zero-order chi connectivity index (χ0) is 15.8. The second-order valence-electron chi connectivity index (χ2n) is 4.72. The summed E-state index contributed by atoms with van der Waals surface area (Å²) in [5.41, 5.74) is 0.324. The number of thiazole rings is 1.